The number of rotatable bonds is 5. The molecule has 1 heterocycles. The molecule has 2 atom stereocenters. The highest BCUT2D eigenvalue weighted by atomic mass is 32.2. The van der Waals surface area contributed by atoms with Gasteiger partial charge in [0.15, 0.2) is 0 Å². The molecule has 0 spiro atoms. The van der Waals surface area contributed by atoms with Crippen molar-refractivity contribution in [2.45, 2.75) is 18.6 Å². The number of carbonyl (C=O) groups is 1. The first-order chi connectivity index (χ1) is 9.06. The monoisotopic (exact) mass is 299 g/mol. The number of hydrogen-bond donors (Lipinski definition) is 2. The lowest BCUT2D eigenvalue weighted by Crippen LogP contribution is -2.27. The molecule has 1 amide bonds. The van der Waals surface area contributed by atoms with Crippen LogP contribution in [0.15, 0.2) is 11.4 Å². The number of aliphatic hydroxyl groups excluding tert-OH is 1. The van der Waals surface area contributed by atoms with Gasteiger partial charge in [-0.1, -0.05) is 18.8 Å². The largest absolute Gasteiger partial charge is 0.384 e. The van der Waals surface area contributed by atoms with Gasteiger partial charge in [-0.2, -0.15) is 0 Å². The number of nitrogens with one attached hydrogen (secondary N) is 1. The molecular weight excluding hydrogens is 282 g/mol. The van der Waals surface area contributed by atoms with Crippen molar-refractivity contribution in [1.82, 2.24) is 5.32 Å². The summed E-state index contributed by atoms with van der Waals surface area (Å²) in [5.41, 5.74) is 0.628. The Kier molecular flexibility index (Phi) is 6.78. The highest BCUT2D eigenvalue weighted by molar-refractivity contribution is 7.84. The fraction of sp³-hybridized carbons (Fsp3) is 0.462. The van der Waals surface area contributed by atoms with Crippen molar-refractivity contribution in [3.05, 3.63) is 21.9 Å². The number of carbonyl (C=O) groups excluding carboxylic acids is 1. The van der Waals surface area contributed by atoms with Crippen LogP contribution in [0.4, 0.5) is 0 Å². The second-order valence-corrected chi connectivity index (χ2v) is 6.70. The number of aliphatic hydroxyl groups is 1. The molecule has 1 aromatic rings. The number of thiophene rings is 1. The molecule has 0 saturated carbocycles. The van der Waals surface area contributed by atoms with E-state index >= 15 is 0 Å². The Balaban J connectivity index is 2.55. The van der Waals surface area contributed by atoms with Gasteiger partial charge in [0.2, 0.25) is 0 Å². The van der Waals surface area contributed by atoms with Gasteiger partial charge in [-0.25, -0.2) is 0 Å². The maximum absolute atomic E-state index is 11.9. The highest BCUT2D eigenvalue weighted by Gasteiger charge is 2.12. The first-order valence-electron chi connectivity index (χ1n) is 5.84. The minimum absolute atomic E-state index is 0.0669. The Bertz CT molecular complexity index is 513. The van der Waals surface area contributed by atoms with Crippen molar-refractivity contribution in [1.29, 1.82) is 0 Å². The van der Waals surface area contributed by atoms with E-state index < -0.39 is 10.8 Å². The molecule has 0 aliphatic carbocycles. The fourth-order valence-electron chi connectivity index (χ4n) is 1.35. The first-order valence-corrected chi connectivity index (χ1v) is 8.34. The Labute approximate surface area is 119 Å². The van der Waals surface area contributed by atoms with E-state index in [4.69, 9.17) is 5.11 Å². The molecule has 0 aliphatic rings. The molecule has 2 unspecified atom stereocenters. The van der Waals surface area contributed by atoms with Crippen molar-refractivity contribution in [2.24, 2.45) is 0 Å². The van der Waals surface area contributed by atoms with Crippen LogP contribution in [0.25, 0.3) is 0 Å². The maximum Gasteiger partial charge on any atom is 0.262 e. The van der Waals surface area contributed by atoms with E-state index in [0.717, 1.165) is 0 Å². The summed E-state index contributed by atoms with van der Waals surface area (Å²) in [6.45, 7) is 2.16. The van der Waals surface area contributed by atoms with Gasteiger partial charge in [-0.05, 0) is 17.9 Å². The van der Waals surface area contributed by atoms with Crippen molar-refractivity contribution in [3.8, 4) is 11.8 Å². The van der Waals surface area contributed by atoms with Crippen LogP contribution in [0.2, 0.25) is 0 Å². The van der Waals surface area contributed by atoms with Crippen LogP contribution in [0.5, 0.6) is 0 Å². The Morgan fingerprint density at radius 3 is 3.00 bits per heavy atom. The topological polar surface area (TPSA) is 66.4 Å². The molecule has 104 valence electrons. The van der Waals surface area contributed by atoms with E-state index in [2.05, 4.69) is 17.2 Å². The second kappa shape index (κ2) is 8.10. The molecule has 0 aliphatic heterocycles. The van der Waals surface area contributed by atoms with Gasteiger partial charge in [0.25, 0.3) is 5.91 Å². The average Bonchev–Trinajstić information content (AvgIpc) is 2.84. The van der Waals surface area contributed by atoms with Crippen LogP contribution in [0, 0.1) is 11.8 Å². The van der Waals surface area contributed by atoms with Crippen molar-refractivity contribution in [3.63, 3.8) is 0 Å². The Hall–Kier alpha value is -1.16. The maximum atomic E-state index is 11.9. The Morgan fingerprint density at radius 1 is 1.63 bits per heavy atom. The van der Waals surface area contributed by atoms with Crippen molar-refractivity contribution >= 4 is 28.0 Å². The van der Waals surface area contributed by atoms with Crippen LogP contribution in [-0.2, 0) is 10.8 Å². The zero-order chi connectivity index (χ0) is 14.3. The molecule has 6 heteroatoms. The standard InChI is InChI=1S/C13H17NO3S2/c1-10(19(2)17)5-7-14-13(16)12-11(4-3-8-15)6-9-18-12/h6,9-10,15H,5,7-8H2,1-2H3,(H,14,16). The van der Waals surface area contributed by atoms with Gasteiger partial charge in [0.1, 0.15) is 11.5 Å². The third-order valence-corrected chi connectivity index (χ3v) is 4.86. The summed E-state index contributed by atoms with van der Waals surface area (Å²) in [5.74, 6) is 5.09. The second-order valence-electron chi connectivity index (χ2n) is 3.98. The predicted molar refractivity (Wildman–Crippen MR) is 78.8 cm³/mol. The van der Waals surface area contributed by atoms with E-state index in [1.807, 2.05) is 6.92 Å². The lowest BCUT2D eigenvalue weighted by atomic mass is 10.2. The van der Waals surface area contributed by atoms with Gasteiger partial charge in [0, 0.05) is 34.4 Å². The van der Waals surface area contributed by atoms with Crippen molar-refractivity contribution < 1.29 is 14.1 Å². The van der Waals surface area contributed by atoms with Crippen LogP contribution >= 0.6 is 11.3 Å². The molecule has 0 radical (unpaired) electrons. The van der Waals surface area contributed by atoms with Gasteiger partial charge in [-0.3, -0.25) is 9.00 Å². The normalized spacial score (nSPS) is 13.2. The predicted octanol–water partition coefficient (Wildman–Crippen LogP) is 0.979. The Morgan fingerprint density at radius 2 is 2.37 bits per heavy atom. The molecule has 1 aromatic heterocycles. The summed E-state index contributed by atoms with van der Waals surface area (Å²) in [6, 6.07) is 1.76. The lowest BCUT2D eigenvalue weighted by Gasteiger charge is -2.08. The average molecular weight is 299 g/mol. The first kappa shape index (κ1) is 15.9. The number of hydrogen-bond acceptors (Lipinski definition) is 4. The SMILES string of the molecule is CC(CCNC(=O)c1sccc1C#CCO)S(C)=O. The molecule has 1 rings (SSSR count). The van der Waals surface area contributed by atoms with Crippen LogP contribution in [-0.4, -0.2) is 39.9 Å². The van der Waals surface area contributed by atoms with Crippen LogP contribution in [0.3, 0.4) is 0 Å². The lowest BCUT2D eigenvalue weighted by molar-refractivity contribution is 0.0957. The van der Waals surface area contributed by atoms with Gasteiger partial charge in [0.05, 0.1) is 0 Å². The highest BCUT2D eigenvalue weighted by Crippen LogP contribution is 2.15. The van der Waals surface area contributed by atoms with E-state index in [1.165, 1.54) is 11.3 Å². The molecule has 0 bridgehead atoms. The van der Waals surface area contributed by atoms with Crippen LogP contribution in [0.1, 0.15) is 28.6 Å². The molecule has 0 fully saturated rings. The summed E-state index contributed by atoms with van der Waals surface area (Å²) in [6.07, 6.45) is 2.34. The third-order valence-electron chi connectivity index (χ3n) is 2.58. The summed E-state index contributed by atoms with van der Waals surface area (Å²) in [5, 5.41) is 13.3. The zero-order valence-corrected chi connectivity index (χ0v) is 12.6. The third kappa shape index (κ3) is 5.15. The molecule has 2 N–H and O–H groups in total. The van der Waals surface area contributed by atoms with E-state index in [-0.39, 0.29) is 17.8 Å². The van der Waals surface area contributed by atoms with E-state index in [0.29, 0.717) is 23.4 Å². The minimum Gasteiger partial charge on any atom is -0.384 e. The summed E-state index contributed by atoms with van der Waals surface area (Å²) >= 11 is 1.32. The molecule has 19 heavy (non-hydrogen) atoms. The molecule has 0 aromatic carbocycles. The smallest absolute Gasteiger partial charge is 0.262 e. The minimum atomic E-state index is -0.869. The number of amides is 1. The summed E-state index contributed by atoms with van der Waals surface area (Å²) in [7, 11) is -0.869. The molecule has 0 saturated heterocycles. The van der Waals surface area contributed by atoms with E-state index in [1.54, 1.807) is 17.7 Å². The van der Waals surface area contributed by atoms with Gasteiger partial charge < -0.3 is 10.4 Å². The molecular formula is C13H17NO3S2. The fourth-order valence-corrected chi connectivity index (χ4v) is 2.57. The van der Waals surface area contributed by atoms with Gasteiger partial charge >= 0.3 is 0 Å². The quantitative estimate of drug-likeness (QED) is 0.797. The molecule has 4 nitrogen and oxygen atoms in total. The summed E-state index contributed by atoms with van der Waals surface area (Å²) in [4.78, 5) is 12.5. The zero-order valence-electron chi connectivity index (χ0n) is 10.9. The summed E-state index contributed by atoms with van der Waals surface area (Å²) < 4.78 is 11.2. The van der Waals surface area contributed by atoms with Crippen molar-refractivity contribution in [2.75, 3.05) is 19.4 Å². The van der Waals surface area contributed by atoms with Crippen LogP contribution < -0.4 is 5.32 Å². The van der Waals surface area contributed by atoms with Gasteiger partial charge in [-0.15, -0.1) is 11.3 Å². The van der Waals surface area contributed by atoms with E-state index in [9.17, 15) is 9.00 Å².